The average molecular weight is 309 g/mol. The Morgan fingerprint density at radius 2 is 2.23 bits per heavy atom. The second-order valence-corrected chi connectivity index (χ2v) is 4.88. The standard InChI is InChI=1S/C15H20FN3O3/c1-11-9-12(6-7-13(11)16)10-22-8-4-3-5-14(18-19-17)15(20)21-2/h6-7,9,14H,3-5,8,10H2,1-2H3. The van der Waals surface area contributed by atoms with Gasteiger partial charge in [-0.25, -0.2) is 4.39 Å². The molecule has 0 N–H and O–H groups in total. The Kier molecular flexibility index (Phi) is 7.96. The van der Waals surface area contributed by atoms with Crippen LogP contribution in [0.4, 0.5) is 4.39 Å². The zero-order chi connectivity index (χ0) is 16.4. The summed E-state index contributed by atoms with van der Waals surface area (Å²) in [5.41, 5.74) is 9.90. The van der Waals surface area contributed by atoms with Gasteiger partial charge in [-0.2, -0.15) is 0 Å². The normalized spacial score (nSPS) is 11.6. The van der Waals surface area contributed by atoms with Crippen molar-refractivity contribution in [1.82, 2.24) is 0 Å². The number of ether oxygens (including phenoxy) is 2. The van der Waals surface area contributed by atoms with Crippen molar-refractivity contribution in [2.24, 2.45) is 5.11 Å². The summed E-state index contributed by atoms with van der Waals surface area (Å²) in [6.07, 6.45) is 1.84. The molecule has 0 aromatic heterocycles. The van der Waals surface area contributed by atoms with Crippen LogP contribution in [0.3, 0.4) is 0 Å². The Labute approximate surface area is 128 Å². The highest BCUT2D eigenvalue weighted by Gasteiger charge is 2.16. The molecule has 0 saturated carbocycles. The molecule has 1 aromatic rings. The van der Waals surface area contributed by atoms with Crippen LogP contribution < -0.4 is 0 Å². The van der Waals surface area contributed by atoms with Crippen molar-refractivity contribution in [3.63, 3.8) is 0 Å². The number of esters is 1. The van der Waals surface area contributed by atoms with Crippen molar-refractivity contribution >= 4 is 5.97 Å². The van der Waals surface area contributed by atoms with Gasteiger partial charge in [-0.3, -0.25) is 4.79 Å². The first-order valence-corrected chi connectivity index (χ1v) is 7.03. The Morgan fingerprint density at radius 1 is 1.45 bits per heavy atom. The maximum absolute atomic E-state index is 13.1. The van der Waals surface area contributed by atoms with Gasteiger partial charge in [0.25, 0.3) is 0 Å². The Hall–Kier alpha value is -2.11. The predicted molar refractivity (Wildman–Crippen MR) is 79.6 cm³/mol. The van der Waals surface area contributed by atoms with Crippen LogP contribution in [0.25, 0.3) is 10.4 Å². The van der Waals surface area contributed by atoms with Crippen LogP contribution in [0.2, 0.25) is 0 Å². The average Bonchev–Trinajstić information content (AvgIpc) is 2.52. The van der Waals surface area contributed by atoms with Crippen LogP contribution in [0, 0.1) is 12.7 Å². The van der Waals surface area contributed by atoms with E-state index < -0.39 is 12.0 Å². The van der Waals surface area contributed by atoms with Crippen LogP contribution in [-0.2, 0) is 20.9 Å². The van der Waals surface area contributed by atoms with Crippen molar-refractivity contribution in [3.8, 4) is 0 Å². The first kappa shape index (κ1) is 17.9. The number of aryl methyl sites for hydroxylation is 1. The molecule has 0 saturated heterocycles. The van der Waals surface area contributed by atoms with Gasteiger partial charge in [0, 0.05) is 11.5 Å². The molecule has 22 heavy (non-hydrogen) atoms. The molecule has 1 rings (SSSR count). The zero-order valence-corrected chi connectivity index (χ0v) is 12.8. The maximum atomic E-state index is 13.1. The molecule has 1 unspecified atom stereocenters. The molecule has 0 aliphatic heterocycles. The van der Waals surface area contributed by atoms with E-state index in [9.17, 15) is 9.18 Å². The highest BCUT2D eigenvalue weighted by Crippen LogP contribution is 2.11. The molecule has 0 heterocycles. The summed E-state index contributed by atoms with van der Waals surface area (Å²) in [4.78, 5) is 14.0. The SMILES string of the molecule is COC(=O)C(CCCCOCc1ccc(F)c(C)c1)N=[N+]=[N-]. The molecular weight excluding hydrogens is 289 g/mol. The van der Waals surface area contributed by atoms with Crippen LogP contribution in [-0.4, -0.2) is 25.7 Å². The van der Waals surface area contributed by atoms with Crippen molar-refractivity contribution in [1.29, 1.82) is 0 Å². The van der Waals surface area contributed by atoms with E-state index in [1.165, 1.54) is 13.2 Å². The number of unbranched alkanes of at least 4 members (excludes halogenated alkanes) is 1. The molecule has 0 aliphatic carbocycles. The van der Waals surface area contributed by atoms with Crippen molar-refractivity contribution in [3.05, 3.63) is 45.6 Å². The summed E-state index contributed by atoms with van der Waals surface area (Å²) in [7, 11) is 1.26. The number of carbonyl (C=O) groups is 1. The number of hydrogen-bond donors (Lipinski definition) is 0. The van der Waals surface area contributed by atoms with E-state index in [2.05, 4.69) is 14.8 Å². The zero-order valence-electron chi connectivity index (χ0n) is 12.8. The number of hydrogen-bond acceptors (Lipinski definition) is 4. The molecule has 6 nitrogen and oxygen atoms in total. The summed E-state index contributed by atoms with van der Waals surface area (Å²) in [6, 6.07) is 4.09. The molecular formula is C15H20FN3O3. The van der Waals surface area contributed by atoms with Crippen molar-refractivity contribution in [2.45, 2.75) is 38.8 Å². The molecule has 0 bridgehead atoms. The second-order valence-electron chi connectivity index (χ2n) is 4.88. The Bertz CT molecular complexity index is 545. The van der Waals surface area contributed by atoms with Crippen LogP contribution >= 0.6 is 0 Å². The number of azide groups is 1. The minimum absolute atomic E-state index is 0.226. The van der Waals surface area contributed by atoms with E-state index in [0.717, 1.165) is 12.0 Å². The summed E-state index contributed by atoms with van der Waals surface area (Å²) < 4.78 is 23.2. The fourth-order valence-electron chi connectivity index (χ4n) is 1.95. The van der Waals surface area contributed by atoms with Crippen molar-refractivity contribution < 1.29 is 18.7 Å². The minimum Gasteiger partial charge on any atom is -0.469 e. The van der Waals surface area contributed by atoms with E-state index >= 15 is 0 Å². The van der Waals surface area contributed by atoms with E-state index in [-0.39, 0.29) is 5.82 Å². The van der Waals surface area contributed by atoms with Gasteiger partial charge in [-0.05, 0) is 42.5 Å². The maximum Gasteiger partial charge on any atom is 0.314 e. The molecule has 120 valence electrons. The lowest BCUT2D eigenvalue weighted by Gasteiger charge is -2.09. The molecule has 0 amide bonds. The minimum atomic E-state index is -0.783. The van der Waals surface area contributed by atoms with Gasteiger partial charge in [-0.1, -0.05) is 23.7 Å². The number of carbonyl (C=O) groups excluding carboxylic acids is 1. The van der Waals surface area contributed by atoms with Gasteiger partial charge < -0.3 is 9.47 Å². The molecule has 0 radical (unpaired) electrons. The third kappa shape index (κ3) is 6.11. The Balaban J connectivity index is 2.23. The van der Waals surface area contributed by atoms with Crippen LogP contribution in [0.5, 0.6) is 0 Å². The topological polar surface area (TPSA) is 84.3 Å². The van der Waals surface area contributed by atoms with Gasteiger partial charge in [0.1, 0.15) is 11.9 Å². The highest BCUT2D eigenvalue weighted by atomic mass is 19.1. The lowest BCUT2D eigenvalue weighted by Crippen LogP contribution is -2.19. The largest absolute Gasteiger partial charge is 0.469 e. The fraction of sp³-hybridized carbons (Fsp3) is 0.533. The van der Waals surface area contributed by atoms with Gasteiger partial charge >= 0.3 is 5.97 Å². The van der Waals surface area contributed by atoms with Gasteiger partial charge in [0.15, 0.2) is 0 Å². The first-order chi connectivity index (χ1) is 10.6. The number of benzene rings is 1. The van der Waals surface area contributed by atoms with Gasteiger partial charge in [0.05, 0.1) is 13.7 Å². The fourth-order valence-corrected chi connectivity index (χ4v) is 1.95. The highest BCUT2D eigenvalue weighted by molar-refractivity contribution is 5.75. The second kappa shape index (κ2) is 9.76. The quantitative estimate of drug-likeness (QED) is 0.229. The first-order valence-electron chi connectivity index (χ1n) is 7.03. The van der Waals surface area contributed by atoms with E-state index in [4.69, 9.17) is 10.3 Å². The summed E-state index contributed by atoms with van der Waals surface area (Å²) in [6.45, 7) is 2.64. The number of rotatable bonds is 9. The monoisotopic (exact) mass is 309 g/mol. The predicted octanol–water partition coefficient (Wildman–Crippen LogP) is 3.67. The summed E-state index contributed by atoms with van der Waals surface area (Å²) in [5.74, 6) is -0.754. The number of halogens is 1. The number of nitrogens with zero attached hydrogens (tertiary/aromatic N) is 3. The summed E-state index contributed by atoms with van der Waals surface area (Å²) >= 11 is 0. The third-order valence-corrected chi connectivity index (χ3v) is 3.17. The van der Waals surface area contributed by atoms with Crippen LogP contribution in [0.15, 0.2) is 23.3 Å². The van der Waals surface area contributed by atoms with Gasteiger partial charge in [-0.15, -0.1) is 0 Å². The van der Waals surface area contributed by atoms with Gasteiger partial charge in [0.2, 0.25) is 0 Å². The van der Waals surface area contributed by atoms with Crippen LogP contribution in [0.1, 0.15) is 30.4 Å². The molecule has 1 aromatic carbocycles. The van der Waals surface area contributed by atoms with E-state index in [1.54, 1.807) is 19.1 Å². The molecule has 0 spiro atoms. The third-order valence-electron chi connectivity index (χ3n) is 3.17. The van der Waals surface area contributed by atoms with Crippen molar-refractivity contribution in [2.75, 3.05) is 13.7 Å². The smallest absolute Gasteiger partial charge is 0.314 e. The molecule has 7 heteroatoms. The number of methoxy groups -OCH3 is 1. The van der Waals surface area contributed by atoms with E-state index in [1.807, 2.05) is 0 Å². The Morgan fingerprint density at radius 3 is 2.86 bits per heavy atom. The lowest BCUT2D eigenvalue weighted by atomic mass is 10.1. The molecule has 0 fully saturated rings. The lowest BCUT2D eigenvalue weighted by molar-refractivity contribution is -0.142. The molecule has 1 atom stereocenters. The summed E-state index contributed by atoms with van der Waals surface area (Å²) in [5, 5.41) is 3.41. The molecule has 0 aliphatic rings. The van der Waals surface area contributed by atoms with E-state index in [0.29, 0.717) is 31.6 Å².